The maximum Gasteiger partial charge on any atom is 0.223 e. The van der Waals surface area contributed by atoms with E-state index in [-0.39, 0.29) is 17.6 Å². The minimum absolute atomic E-state index is 0.0573. The predicted octanol–water partition coefficient (Wildman–Crippen LogP) is 2.96. The molecule has 0 unspecified atom stereocenters. The molecule has 1 aromatic heterocycles. The van der Waals surface area contributed by atoms with E-state index in [1.807, 2.05) is 27.3 Å². The van der Waals surface area contributed by atoms with Crippen molar-refractivity contribution in [1.29, 1.82) is 0 Å². The maximum absolute atomic E-state index is 12.3. The molecular formula is C19H26N2O3S. The van der Waals surface area contributed by atoms with Crippen molar-refractivity contribution in [3.05, 3.63) is 22.4 Å². The van der Waals surface area contributed by atoms with Gasteiger partial charge in [-0.15, -0.1) is 11.3 Å². The van der Waals surface area contributed by atoms with Crippen molar-refractivity contribution in [2.45, 2.75) is 44.9 Å². The Morgan fingerprint density at radius 1 is 1.12 bits per heavy atom. The summed E-state index contributed by atoms with van der Waals surface area (Å²) < 4.78 is 0. The molecule has 3 rings (SSSR count). The third-order valence-electron chi connectivity index (χ3n) is 5.23. The molecule has 0 spiro atoms. The lowest BCUT2D eigenvalue weighted by Crippen LogP contribution is -2.44. The van der Waals surface area contributed by atoms with Crippen LogP contribution in [0.15, 0.2) is 17.5 Å². The summed E-state index contributed by atoms with van der Waals surface area (Å²) in [6, 6.07) is 3.67. The van der Waals surface area contributed by atoms with Crippen molar-refractivity contribution in [3.8, 4) is 0 Å². The van der Waals surface area contributed by atoms with Crippen molar-refractivity contribution in [2.75, 3.05) is 26.2 Å². The fourth-order valence-corrected chi connectivity index (χ4v) is 4.36. The fourth-order valence-electron chi connectivity index (χ4n) is 3.67. The Labute approximate surface area is 153 Å². The molecule has 2 aliphatic rings. The van der Waals surface area contributed by atoms with Crippen LogP contribution in [0, 0.1) is 5.92 Å². The summed E-state index contributed by atoms with van der Waals surface area (Å²) in [5, 5.41) is 1.88. The number of hydrogen-bond acceptors (Lipinski definition) is 4. The molecule has 0 aliphatic carbocycles. The van der Waals surface area contributed by atoms with Crippen LogP contribution in [0.3, 0.4) is 0 Å². The lowest BCUT2D eigenvalue weighted by atomic mass is 9.95. The predicted molar refractivity (Wildman–Crippen MR) is 97.6 cm³/mol. The Balaban J connectivity index is 1.38. The summed E-state index contributed by atoms with van der Waals surface area (Å²) in [4.78, 5) is 40.9. The van der Waals surface area contributed by atoms with Gasteiger partial charge < -0.3 is 9.80 Å². The summed E-state index contributed by atoms with van der Waals surface area (Å²) in [7, 11) is 0. The Morgan fingerprint density at radius 2 is 1.92 bits per heavy atom. The van der Waals surface area contributed by atoms with Gasteiger partial charge in [0.25, 0.3) is 0 Å². The van der Waals surface area contributed by atoms with Gasteiger partial charge in [0.2, 0.25) is 11.8 Å². The molecule has 2 saturated heterocycles. The number of ketones is 1. The zero-order valence-corrected chi connectivity index (χ0v) is 15.4. The summed E-state index contributed by atoms with van der Waals surface area (Å²) in [6.45, 7) is 3.23. The average molecular weight is 362 g/mol. The smallest absolute Gasteiger partial charge is 0.223 e. The minimum Gasteiger partial charge on any atom is -0.343 e. The highest BCUT2D eigenvalue weighted by molar-refractivity contribution is 7.12. The fraction of sp³-hybridized carbons (Fsp3) is 0.632. The highest BCUT2D eigenvalue weighted by Gasteiger charge is 2.27. The Bertz CT molecular complexity index is 606. The van der Waals surface area contributed by atoms with Gasteiger partial charge in [-0.2, -0.15) is 0 Å². The van der Waals surface area contributed by atoms with Gasteiger partial charge in [-0.1, -0.05) is 6.07 Å². The van der Waals surface area contributed by atoms with Crippen LogP contribution in [-0.4, -0.2) is 53.6 Å². The average Bonchev–Trinajstić information content (AvgIpc) is 3.17. The zero-order valence-electron chi connectivity index (χ0n) is 14.6. The van der Waals surface area contributed by atoms with Gasteiger partial charge in [0.15, 0.2) is 5.78 Å². The highest BCUT2D eigenvalue weighted by atomic mass is 32.1. The molecular weight excluding hydrogens is 336 g/mol. The van der Waals surface area contributed by atoms with E-state index in [0.717, 1.165) is 56.7 Å². The van der Waals surface area contributed by atoms with E-state index in [1.54, 1.807) is 0 Å². The van der Waals surface area contributed by atoms with Crippen molar-refractivity contribution in [1.82, 2.24) is 9.80 Å². The number of hydrogen-bond donors (Lipinski definition) is 0. The third kappa shape index (κ3) is 4.91. The van der Waals surface area contributed by atoms with E-state index < -0.39 is 0 Å². The van der Waals surface area contributed by atoms with Gasteiger partial charge in [0.05, 0.1) is 4.88 Å². The molecule has 25 heavy (non-hydrogen) atoms. The van der Waals surface area contributed by atoms with Crippen molar-refractivity contribution < 1.29 is 14.4 Å². The molecule has 2 fully saturated rings. The monoisotopic (exact) mass is 362 g/mol. The van der Waals surface area contributed by atoms with Gasteiger partial charge in [-0.3, -0.25) is 14.4 Å². The summed E-state index contributed by atoms with van der Waals surface area (Å²) >= 11 is 1.43. The second-order valence-corrected chi connectivity index (χ2v) is 7.97. The number of thiophene rings is 1. The zero-order chi connectivity index (χ0) is 17.6. The van der Waals surface area contributed by atoms with E-state index in [4.69, 9.17) is 0 Å². The summed E-state index contributed by atoms with van der Waals surface area (Å²) in [5.41, 5.74) is 0. The van der Waals surface area contributed by atoms with Crippen molar-refractivity contribution in [3.63, 3.8) is 0 Å². The Morgan fingerprint density at radius 3 is 2.60 bits per heavy atom. The van der Waals surface area contributed by atoms with Crippen LogP contribution < -0.4 is 0 Å². The van der Waals surface area contributed by atoms with Gasteiger partial charge in [0.1, 0.15) is 0 Å². The van der Waals surface area contributed by atoms with Gasteiger partial charge in [0, 0.05) is 45.4 Å². The molecule has 2 amide bonds. The van der Waals surface area contributed by atoms with Gasteiger partial charge >= 0.3 is 0 Å². The third-order valence-corrected chi connectivity index (χ3v) is 6.14. The van der Waals surface area contributed by atoms with Gasteiger partial charge in [-0.05, 0) is 43.0 Å². The molecule has 0 bridgehead atoms. The lowest BCUT2D eigenvalue weighted by Gasteiger charge is -2.36. The molecule has 1 aromatic rings. The van der Waals surface area contributed by atoms with E-state index in [1.165, 1.54) is 11.3 Å². The molecule has 6 heteroatoms. The lowest BCUT2D eigenvalue weighted by molar-refractivity contribution is -0.136. The molecule has 3 heterocycles. The first kappa shape index (κ1) is 18.1. The van der Waals surface area contributed by atoms with Crippen LogP contribution in [0.5, 0.6) is 0 Å². The molecule has 0 saturated carbocycles. The van der Waals surface area contributed by atoms with Crippen LogP contribution >= 0.6 is 11.3 Å². The number of carbonyl (C=O) groups is 3. The Hall–Kier alpha value is -1.69. The minimum atomic E-state index is 0.0573. The molecule has 136 valence electrons. The Kier molecular flexibility index (Phi) is 6.24. The maximum atomic E-state index is 12.3. The van der Waals surface area contributed by atoms with Crippen LogP contribution in [0.1, 0.15) is 54.6 Å². The molecule has 0 radical (unpaired) electrons. The molecule has 0 N–H and O–H groups in total. The number of Topliss-reactive ketones (excluding diaryl/α,β-unsaturated/α-hetero) is 1. The number of likely N-dealkylation sites (tertiary alicyclic amines) is 2. The van der Waals surface area contributed by atoms with E-state index >= 15 is 0 Å². The number of rotatable bonds is 6. The van der Waals surface area contributed by atoms with Gasteiger partial charge in [-0.25, -0.2) is 0 Å². The summed E-state index contributed by atoms with van der Waals surface area (Å²) in [6.07, 6.45) is 5.32. The van der Waals surface area contributed by atoms with Crippen LogP contribution in [0.4, 0.5) is 0 Å². The van der Waals surface area contributed by atoms with Crippen LogP contribution in [0.25, 0.3) is 0 Å². The van der Waals surface area contributed by atoms with E-state index in [9.17, 15) is 14.4 Å². The molecule has 0 atom stereocenters. The molecule has 5 nitrogen and oxygen atoms in total. The SMILES string of the molecule is O=C(CCC(=O)N1CCC(CN2CCCCC2=O)CC1)c1cccs1. The number of carbonyl (C=O) groups excluding carboxylic acids is 3. The normalized spacial score (nSPS) is 19.3. The van der Waals surface area contributed by atoms with E-state index in [0.29, 0.717) is 25.2 Å². The first-order valence-corrected chi connectivity index (χ1v) is 10.1. The topological polar surface area (TPSA) is 57.7 Å². The summed E-state index contributed by atoms with van der Waals surface area (Å²) in [5.74, 6) is 0.926. The number of nitrogens with zero attached hydrogens (tertiary/aromatic N) is 2. The quantitative estimate of drug-likeness (QED) is 0.731. The second kappa shape index (κ2) is 8.61. The second-order valence-electron chi connectivity index (χ2n) is 7.02. The van der Waals surface area contributed by atoms with E-state index in [2.05, 4.69) is 0 Å². The largest absolute Gasteiger partial charge is 0.343 e. The molecule has 0 aromatic carbocycles. The highest BCUT2D eigenvalue weighted by Crippen LogP contribution is 2.22. The van der Waals surface area contributed by atoms with Crippen LogP contribution in [-0.2, 0) is 9.59 Å². The number of piperidine rings is 2. The first-order valence-electron chi connectivity index (χ1n) is 9.26. The first-order chi connectivity index (χ1) is 12.1. The number of amides is 2. The van der Waals surface area contributed by atoms with Crippen molar-refractivity contribution >= 4 is 28.9 Å². The van der Waals surface area contributed by atoms with Crippen LogP contribution in [0.2, 0.25) is 0 Å². The van der Waals surface area contributed by atoms with Crippen molar-refractivity contribution in [2.24, 2.45) is 5.92 Å². The molecule has 2 aliphatic heterocycles. The standard InChI is InChI=1S/C19H26N2O3S/c22-16(17-4-3-13-25-17)6-7-19(24)20-11-8-15(9-12-20)14-21-10-2-1-5-18(21)23/h3-4,13,15H,1-2,5-12,14H2.